The summed E-state index contributed by atoms with van der Waals surface area (Å²) in [6, 6.07) is 58.2. The summed E-state index contributed by atoms with van der Waals surface area (Å²) in [5, 5.41) is 17.3. The molecule has 4 nitrogen and oxygen atoms in total. The van der Waals surface area contributed by atoms with Crippen molar-refractivity contribution in [1.29, 1.82) is 5.26 Å². The molecule has 0 amide bonds. The summed E-state index contributed by atoms with van der Waals surface area (Å²) in [6.45, 7) is 0. The fourth-order valence-electron chi connectivity index (χ4n) is 7.82. The fraction of sp³-hybridized carbons (Fsp3) is 0. The summed E-state index contributed by atoms with van der Waals surface area (Å²) >= 11 is 0. The van der Waals surface area contributed by atoms with Crippen LogP contribution >= 0.6 is 0 Å². The standard InChI is InChI=1S/C43H26N4/c44-27-28-13-11-20-32-33-21-12-24-39(42(33)46(41(28)32)30-16-5-2-6-17-30)47-37-23-10-8-19-35(37)40-38(47)26-25-34-31-18-7-9-22-36(31)45(43(34)40)29-14-3-1-4-15-29/h1-26H. The zero-order chi connectivity index (χ0) is 31.1. The molecule has 10 rings (SSSR count). The summed E-state index contributed by atoms with van der Waals surface area (Å²) < 4.78 is 7.12. The van der Waals surface area contributed by atoms with Gasteiger partial charge in [-0.2, -0.15) is 5.26 Å². The Bertz CT molecular complexity index is 2900. The predicted octanol–water partition coefficient (Wildman–Crippen LogP) is 10.8. The Morgan fingerprint density at radius 3 is 1.64 bits per heavy atom. The Kier molecular flexibility index (Phi) is 5.32. The van der Waals surface area contributed by atoms with Crippen LogP contribution in [0.25, 0.3) is 82.5 Å². The Balaban J connectivity index is 1.43. The summed E-state index contributed by atoms with van der Waals surface area (Å²) in [7, 11) is 0. The van der Waals surface area contributed by atoms with Gasteiger partial charge in [0.25, 0.3) is 0 Å². The van der Waals surface area contributed by atoms with Crippen LogP contribution < -0.4 is 0 Å². The number of nitriles is 1. The van der Waals surface area contributed by atoms with E-state index in [1.807, 2.05) is 18.2 Å². The molecule has 0 N–H and O–H groups in total. The zero-order valence-electron chi connectivity index (χ0n) is 25.3. The molecule has 0 fully saturated rings. The molecule has 0 radical (unpaired) electrons. The van der Waals surface area contributed by atoms with Gasteiger partial charge in [-0.05, 0) is 54.6 Å². The molecule has 7 aromatic carbocycles. The molecule has 10 aromatic rings. The van der Waals surface area contributed by atoms with Gasteiger partial charge < -0.3 is 13.7 Å². The molecule has 218 valence electrons. The van der Waals surface area contributed by atoms with E-state index in [4.69, 9.17) is 0 Å². The molecular weight excluding hydrogens is 573 g/mol. The van der Waals surface area contributed by atoms with E-state index in [0.29, 0.717) is 5.56 Å². The van der Waals surface area contributed by atoms with E-state index in [0.717, 1.165) is 49.9 Å². The number of fused-ring (bicyclic) bond motifs is 10. The Hall–Kier alpha value is -6.57. The Morgan fingerprint density at radius 1 is 0.362 bits per heavy atom. The van der Waals surface area contributed by atoms with Crippen LogP contribution in [0.5, 0.6) is 0 Å². The summed E-state index contributed by atoms with van der Waals surface area (Å²) in [4.78, 5) is 0. The monoisotopic (exact) mass is 598 g/mol. The summed E-state index contributed by atoms with van der Waals surface area (Å²) in [5.41, 5.74) is 10.5. The van der Waals surface area contributed by atoms with Crippen molar-refractivity contribution in [3.8, 4) is 23.1 Å². The first-order valence-electron chi connectivity index (χ1n) is 15.9. The molecule has 0 saturated heterocycles. The van der Waals surface area contributed by atoms with Gasteiger partial charge in [0.2, 0.25) is 0 Å². The van der Waals surface area contributed by atoms with Crippen molar-refractivity contribution in [3.05, 3.63) is 163 Å². The maximum Gasteiger partial charge on any atom is 0.101 e. The van der Waals surface area contributed by atoms with E-state index in [1.54, 1.807) is 0 Å². The molecule has 0 aliphatic heterocycles. The van der Waals surface area contributed by atoms with Crippen LogP contribution in [0.4, 0.5) is 0 Å². The number of hydrogen-bond donors (Lipinski definition) is 0. The van der Waals surface area contributed by atoms with Crippen molar-refractivity contribution in [1.82, 2.24) is 13.7 Å². The largest absolute Gasteiger partial charge is 0.309 e. The molecule has 0 aliphatic carbocycles. The van der Waals surface area contributed by atoms with E-state index in [9.17, 15) is 5.26 Å². The molecule has 47 heavy (non-hydrogen) atoms. The Labute approximate surface area is 270 Å². The second kappa shape index (κ2) is 9.71. The van der Waals surface area contributed by atoms with E-state index in [-0.39, 0.29) is 0 Å². The molecule has 4 heteroatoms. The predicted molar refractivity (Wildman–Crippen MR) is 194 cm³/mol. The SMILES string of the molecule is N#Cc1cccc2c3cccc(-n4c5ccccc5c5c4ccc4c6ccccc6n(-c6ccccc6)c45)c3n(-c3ccccc3)c12. The number of rotatable bonds is 3. The number of aromatic nitrogens is 3. The molecule has 3 heterocycles. The van der Waals surface area contributed by atoms with Gasteiger partial charge in [0, 0.05) is 43.7 Å². The number of para-hydroxylation sites is 6. The van der Waals surface area contributed by atoms with Gasteiger partial charge in [-0.15, -0.1) is 0 Å². The van der Waals surface area contributed by atoms with E-state index in [1.165, 1.54) is 32.6 Å². The van der Waals surface area contributed by atoms with Gasteiger partial charge >= 0.3 is 0 Å². The third-order valence-corrected chi connectivity index (χ3v) is 9.65. The van der Waals surface area contributed by atoms with Crippen LogP contribution in [0.15, 0.2) is 158 Å². The maximum atomic E-state index is 10.3. The van der Waals surface area contributed by atoms with E-state index >= 15 is 0 Å². The molecule has 0 atom stereocenters. The molecular formula is C43H26N4. The van der Waals surface area contributed by atoms with E-state index in [2.05, 4.69) is 159 Å². The number of hydrogen-bond acceptors (Lipinski definition) is 1. The lowest BCUT2D eigenvalue weighted by Crippen LogP contribution is -2.01. The van der Waals surface area contributed by atoms with Crippen LogP contribution in [0.3, 0.4) is 0 Å². The highest BCUT2D eigenvalue weighted by Crippen LogP contribution is 2.44. The third-order valence-electron chi connectivity index (χ3n) is 9.65. The highest BCUT2D eigenvalue weighted by Gasteiger charge is 2.24. The smallest absolute Gasteiger partial charge is 0.101 e. The van der Waals surface area contributed by atoms with Gasteiger partial charge in [0.15, 0.2) is 0 Å². The molecule has 0 aliphatic rings. The van der Waals surface area contributed by atoms with Crippen LogP contribution in [-0.4, -0.2) is 13.7 Å². The highest BCUT2D eigenvalue weighted by molar-refractivity contribution is 6.26. The third kappa shape index (κ3) is 3.46. The molecule has 0 spiro atoms. The minimum absolute atomic E-state index is 0.657. The molecule has 0 unspecified atom stereocenters. The second-order valence-electron chi connectivity index (χ2n) is 12.1. The number of benzene rings is 7. The molecule has 0 bridgehead atoms. The molecule has 3 aromatic heterocycles. The van der Waals surface area contributed by atoms with Crippen molar-refractivity contribution >= 4 is 65.4 Å². The van der Waals surface area contributed by atoms with Crippen molar-refractivity contribution in [3.63, 3.8) is 0 Å². The summed E-state index contributed by atoms with van der Waals surface area (Å²) in [6.07, 6.45) is 0. The average Bonchev–Trinajstić information content (AvgIpc) is 3.78. The topological polar surface area (TPSA) is 38.6 Å². The van der Waals surface area contributed by atoms with Gasteiger partial charge in [-0.1, -0.05) is 103 Å². The van der Waals surface area contributed by atoms with Crippen LogP contribution in [-0.2, 0) is 0 Å². The van der Waals surface area contributed by atoms with Crippen molar-refractivity contribution < 1.29 is 0 Å². The fourth-order valence-corrected chi connectivity index (χ4v) is 7.82. The first-order chi connectivity index (χ1) is 23.3. The van der Waals surface area contributed by atoms with Crippen LogP contribution in [0.2, 0.25) is 0 Å². The normalized spacial score (nSPS) is 11.8. The lowest BCUT2D eigenvalue weighted by atomic mass is 10.1. The van der Waals surface area contributed by atoms with Gasteiger partial charge in [-0.25, -0.2) is 0 Å². The number of nitrogens with zero attached hydrogens (tertiary/aromatic N) is 4. The van der Waals surface area contributed by atoms with Gasteiger partial charge in [-0.3, -0.25) is 0 Å². The minimum Gasteiger partial charge on any atom is -0.309 e. The summed E-state index contributed by atoms with van der Waals surface area (Å²) in [5.74, 6) is 0. The Morgan fingerprint density at radius 2 is 0.915 bits per heavy atom. The van der Waals surface area contributed by atoms with Crippen molar-refractivity contribution in [2.24, 2.45) is 0 Å². The highest BCUT2D eigenvalue weighted by atomic mass is 15.1. The van der Waals surface area contributed by atoms with Gasteiger partial charge in [0.05, 0.1) is 44.4 Å². The lowest BCUT2D eigenvalue weighted by molar-refractivity contribution is 1.13. The first kappa shape index (κ1) is 25.7. The zero-order valence-corrected chi connectivity index (χ0v) is 25.3. The quantitative estimate of drug-likeness (QED) is 0.199. The van der Waals surface area contributed by atoms with Crippen molar-refractivity contribution in [2.75, 3.05) is 0 Å². The van der Waals surface area contributed by atoms with Crippen molar-refractivity contribution in [2.45, 2.75) is 0 Å². The van der Waals surface area contributed by atoms with E-state index < -0.39 is 0 Å². The second-order valence-corrected chi connectivity index (χ2v) is 12.1. The minimum atomic E-state index is 0.657. The first-order valence-corrected chi connectivity index (χ1v) is 15.9. The molecule has 0 saturated carbocycles. The van der Waals surface area contributed by atoms with Crippen LogP contribution in [0.1, 0.15) is 5.56 Å². The lowest BCUT2D eigenvalue weighted by Gasteiger charge is -2.14. The van der Waals surface area contributed by atoms with Crippen LogP contribution in [0, 0.1) is 11.3 Å². The average molecular weight is 599 g/mol. The maximum absolute atomic E-state index is 10.3. The van der Waals surface area contributed by atoms with Gasteiger partial charge in [0.1, 0.15) is 6.07 Å².